The maximum absolute atomic E-state index is 11.5. The van der Waals surface area contributed by atoms with Crippen LogP contribution in [0.3, 0.4) is 0 Å². The molecule has 1 aliphatic heterocycles. The molecule has 9 heteroatoms. The van der Waals surface area contributed by atoms with Gasteiger partial charge in [0.25, 0.3) is 0 Å². The molecule has 0 radical (unpaired) electrons. The highest BCUT2D eigenvalue weighted by Gasteiger charge is 2.40. The summed E-state index contributed by atoms with van der Waals surface area (Å²) in [7, 11) is 1.57. The fourth-order valence-corrected chi connectivity index (χ4v) is 2.22. The molecular formula is C11H16N4O5. The molecule has 9 nitrogen and oxygen atoms in total. The van der Waals surface area contributed by atoms with E-state index < -0.39 is 16.3 Å². The van der Waals surface area contributed by atoms with Gasteiger partial charge in [0.05, 0.1) is 10.3 Å². The molecule has 2 heterocycles. The monoisotopic (exact) mass is 284 g/mol. The summed E-state index contributed by atoms with van der Waals surface area (Å²) in [4.78, 5) is 21.8. The van der Waals surface area contributed by atoms with Gasteiger partial charge in [-0.3, -0.25) is 19.6 Å². The van der Waals surface area contributed by atoms with Crippen molar-refractivity contribution < 1.29 is 19.6 Å². The Bertz CT molecular complexity index is 521. The summed E-state index contributed by atoms with van der Waals surface area (Å²) in [6.07, 6.45) is 2.02. The topological polar surface area (TPSA) is 120 Å². The smallest absolute Gasteiger partial charge is 0.330 e. The van der Waals surface area contributed by atoms with Crippen LogP contribution in [-0.2, 0) is 16.6 Å². The van der Waals surface area contributed by atoms with Gasteiger partial charge in [0, 0.05) is 26.8 Å². The number of carbonyl (C=O) groups is 1. The van der Waals surface area contributed by atoms with Crippen molar-refractivity contribution in [1.29, 1.82) is 0 Å². The standard InChI is InChI=1S/C11H16N4O5/c1-14-6-8(15(18)19)9(13-14)12-7-11(10(16)17)2-4-20-5-3-11/h6H,2-5,7H2,1H3,(H,12,13)(H,16,17). The van der Waals surface area contributed by atoms with E-state index in [2.05, 4.69) is 10.4 Å². The van der Waals surface area contributed by atoms with Crippen LogP contribution >= 0.6 is 0 Å². The highest BCUT2D eigenvalue weighted by Crippen LogP contribution is 2.32. The number of carboxylic acids is 1. The summed E-state index contributed by atoms with van der Waals surface area (Å²) in [5.41, 5.74) is -1.14. The Morgan fingerprint density at radius 2 is 2.30 bits per heavy atom. The minimum atomic E-state index is -0.969. The second kappa shape index (κ2) is 5.45. The molecule has 1 aromatic heterocycles. The summed E-state index contributed by atoms with van der Waals surface area (Å²) in [5.74, 6) is -0.837. The zero-order chi connectivity index (χ0) is 14.8. The third-order valence-corrected chi connectivity index (χ3v) is 3.50. The predicted molar refractivity (Wildman–Crippen MR) is 68.5 cm³/mol. The van der Waals surface area contributed by atoms with Crippen molar-refractivity contribution in [2.24, 2.45) is 12.5 Å². The van der Waals surface area contributed by atoms with E-state index in [1.54, 1.807) is 7.05 Å². The van der Waals surface area contributed by atoms with Crippen molar-refractivity contribution in [1.82, 2.24) is 9.78 Å². The SMILES string of the molecule is Cn1cc([N+](=O)[O-])c(NCC2(C(=O)O)CCOCC2)n1. The molecule has 0 amide bonds. The molecule has 1 aliphatic rings. The first kappa shape index (κ1) is 14.3. The van der Waals surface area contributed by atoms with Gasteiger partial charge in [-0.15, -0.1) is 5.10 Å². The minimum Gasteiger partial charge on any atom is -0.481 e. The van der Waals surface area contributed by atoms with Gasteiger partial charge in [-0.1, -0.05) is 0 Å². The molecule has 0 aliphatic carbocycles. The van der Waals surface area contributed by atoms with Crippen molar-refractivity contribution in [3.8, 4) is 0 Å². The zero-order valence-corrected chi connectivity index (χ0v) is 11.0. The molecule has 0 bridgehead atoms. The summed E-state index contributed by atoms with van der Waals surface area (Å²) in [6, 6.07) is 0. The lowest BCUT2D eigenvalue weighted by atomic mass is 9.80. The molecule has 2 rings (SSSR count). The van der Waals surface area contributed by atoms with Gasteiger partial charge in [-0.25, -0.2) is 0 Å². The summed E-state index contributed by atoms with van der Waals surface area (Å²) in [6.45, 7) is 0.833. The molecule has 0 atom stereocenters. The van der Waals surface area contributed by atoms with Crippen molar-refractivity contribution >= 4 is 17.5 Å². The van der Waals surface area contributed by atoms with Crippen LogP contribution in [0.1, 0.15) is 12.8 Å². The lowest BCUT2D eigenvalue weighted by Crippen LogP contribution is -2.42. The largest absolute Gasteiger partial charge is 0.481 e. The van der Waals surface area contributed by atoms with E-state index in [9.17, 15) is 20.0 Å². The first-order chi connectivity index (χ1) is 9.44. The van der Waals surface area contributed by atoms with Crippen molar-refractivity contribution in [2.45, 2.75) is 12.8 Å². The highest BCUT2D eigenvalue weighted by atomic mass is 16.6. The number of aromatic nitrogens is 2. The van der Waals surface area contributed by atoms with E-state index in [1.165, 1.54) is 10.9 Å². The number of aliphatic carboxylic acids is 1. The van der Waals surface area contributed by atoms with Crippen LogP contribution in [0.15, 0.2) is 6.20 Å². The highest BCUT2D eigenvalue weighted by molar-refractivity contribution is 5.76. The van der Waals surface area contributed by atoms with E-state index in [-0.39, 0.29) is 18.1 Å². The Kier molecular flexibility index (Phi) is 3.89. The van der Waals surface area contributed by atoms with E-state index in [4.69, 9.17) is 4.74 Å². The second-order valence-electron chi connectivity index (χ2n) is 4.85. The molecule has 110 valence electrons. The number of hydrogen-bond acceptors (Lipinski definition) is 6. The molecule has 1 saturated heterocycles. The average Bonchev–Trinajstić information content (AvgIpc) is 2.79. The number of nitro groups is 1. The van der Waals surface area contributed by atoms with Gasteiger partial charge in [0.1, 0.15) is 6.20 Å². The lowest BCUT2D eigenvalue weighted by Gasteiger charge is -2.32. The molecule has 0 spiro atoms. The number of nitrogens with one attached hydrogen (secondary N) is 1. The van der Waals surface area contributed by atoms with E-state index in [1.807, 2.05) is 0 Å². The summed E-state index contributed by atoms with van der Waals surface area (Å²) in [5, 5.41) is 27.0. The number of nitrogens with zero attached hydrogens (tertiary/aromatic N) is 3. The number of carboxylic acid groups (broad SMARTS) is 1. The molecule has 0 aromatic carbocycles. The number of ether oxygens (including phenoxy) is 1. The molecule has 2 N–H and O–H groups in total. The normalized spacial score (nSPS) is 17.6. The maximum atomic E-state index is 11.5. The molecule has 1 fully saturated rings. The molecule has 0 saturated carbocycles. The van der Waals surface area contributed by atoms with Crippen LogP contribution in [0.2, 0.25) is 0 Å². The van der Waals surface area contributed by atoms with Crippen LogP contribution in [0, 0.1) is 15.5 Å². The Morgan fingerprint density at radius 1 is 1.65 bits per heavy atom. The molecule has 20 heavy (non-hydrogen) atoms. The first-order valence-corrected chi connectivity index (χ1v) is 6.18. The van der Waals surface area contributed by atoms with E-state index >= 15 is 0 Å². The van der Waals surface area contributed by atoms with Crippen LogP contribution in [-0.4, -0.2) is 45.5 Å². The minimum absolute atomic E-state index is 0.0869. The third-order valence-electron chi connectivity index (χ3n) is 3.50. The third kappa shape index (κ3) is 2.72. The number of hydrogen-bond donors (Lipinski definition) is 2. The van der Waals surface area contributed by atoms with Gasteiger partial charge >= 0.3 is 11.7 Å². The summed E-state index contributed by atoms with van der Waals surface area (Å²) >= 11 is 0. The van der Waals surface area contributed by atoms with Crippen LogP contribution in [0.4, 0.5) is 11.5 Å². The van der Waals surface area contributed by atoms with Gasteiger partial charge in [-0.2, -0.15) is 0 Å². The Labute approximate surface area is 114 Å². The fraction of sp³-hybridized carbons (Fsp3) is 0.636. The average molecular weight is 284 g/mol. The number of aryl methyl sites for hydroxylation is 1. The van der Waals surface area contributed by atoms with E-state index in [0.717, 1.165) is 0 Å². The molecule has 0 unspecified atom stereocenters. The first-order valence-electron chi connectivity index (χ1n) is 6.18. The van der Waals surface area contributed by atoms with Crippen molar-refractivity contribution in [2.75, 3.05) is 25.1 Å². The van der Waals surface area contributed by atoms with Gasteiger partial charge in [0.15, 0.2) is 0 Å². The van der Waals surface area contributed by atoms with Gasteiger partial charge in [0.2, 0.25) is 5.82 Å². The zero-order valence-electron chi connectivity index (χ0n) is 11.0. The quantitative estimate of drug-likeness (QED) is 0.600. The molecular weight excluding hydrogens is 268 g/mol. The summed E-state index contributed by atoms with van der Waals surface area (Å²) < 4.78 is 6.49. The Balaban J connectivity index is 2.14. The fourth-order valence-electron chi connectivity index (χ4n) is 2.22. The Hall–Kier alpha value is -2.16. The number of anilines is 1. The van der Waals surface area contributed by atoms with Crippen molar-refractivity contribution in [3.63, 3.8) is 0 Å². The van der Waals surface area contributed by atoms with E-state index in [0.29, 0.717) is 26.1 Å². The Morgan fingerprint density at radius 3 is 2.85 bits per heavy atom. The molecule has 1 aromatic rings. The van der Waals surface area contributed by atoms with Crippen LogP contribution < -0.4 is 5.32 Å². The lowest BCUT2D eigenvalue weighted by molar-refractivity contribution is -0.384. The van der Waals surface area contributed by atoms with Crippen molar-refractivity contribution in [3.05, 3.63) is 16.3 Å². The maximum Gasteiger partial charge on any atom is 0.330 e. The van der Waals surface area contributed by atoms with Gasteiger partial charge in [-0.05, 0) is 12.8 Å². The van der Waals surface area contributed by atoms with Gasteiger partial charge < -0.3 is 15.2 Å². The second-order valence-corrected chi connectivity index (χ2v) is 4.85. The number of rotatable bonds is 5. The predicted octanol–water partition coefficient (Wildman–Crippen LogP) is 0.622. The van der Waals surface area contributed by atoms with Crippen LogP contribution in [0.25, 0.3) is 0 Å². The van der Waals surface area contributed by atoms with Crippen LogP contribution in [0.5, 0.6) is 0 Å².